The Morgan fingerprint density at radius 3 is 2.60 bits per heavy atom. The molecule has 0 bridgehead atoms. The molecule has 2 heterocycles. The van der Waals surface area contributed by atoms with Gasteiger partial charge in [0, 0.05) is 4.88 Å². The van der Waals surface area contributed by atoms with Crippen molar-refractivity contribution in [1.82, 2.24) is 14.8 Å². The Morgan fingerprint density at radius 2 is 2.13 bits per heavy atom. The first-order valence-corrected chi connectivity index (χ1v) is 5.60. The molecule has 0 unspecified atom stereocenters. The molecule has 0 aliphatic heterocycles. The van der Waals surface area contributed by atoms with Crippen molar-refractivity contribution in [3.05, 3.63) is 27.5 Å². The normalized spacial score (nSPS) is 10.9. The predicted molar refractivity (Wildman–Crippen MR) is 62.1 cm³/mol. The first kappa shape index (κ1) is 10.2. The van der Waals surface area contributed by atoms with Gasteiger partial charge in [0.05, 0.1) is 29.8 Å². The summed E-state index contributed by atoms with van der Waals surface area (Å²) in [4.78, 5) is 5.74. The smallest absolute Gasteiger partial charge is 0.115 e. The van der Waals surface area contributed by atoms with E-state index in [9.17, 15) is 0 Å². The van der Waals surface area contributed by atoms with Crippen LogP contribution in [0.15, 0.2) is 6.20 Å². The summed E-state index contributed by atoms with van der Waals surface area (Å²) in [6.45, 7) is 6.79. The maximum Gasteiger partial charge on any atom is 0.115 e. The third kappa shape index (κ3) is 1.87. The van der Waals surface area contributed by atoms with Gasteiger partial charge in [-0.3, -0.25) is 4.68 Å². The van der Waals surface area contributed by atoms with E-state index in [4.69, 9.17) is 5.73 Å². The Bertz CT molecular complexity index is 464. The fraction of sp³-hybridized carbons (Fsp3) is 0.400. The Hall–Kier alpha value is -1.36. The minimum atomic E-state index is 0.711. The van der Waals surface area contributed by atoms with Crippen LogP contribution in [0.4, 0.5) is 5.69 Å². The van der Waals surface area contributed by atoms with Crippen molar-refractivity contribution < 1.29 is 0 Å². The number of hydrogen-bond donors (Lipinski definition) is 1. The average Bonchev–Trinajstić information content (AvgIpc) is 2.65. The topological polar surface area (TPSA) is 56.7 Å². The quantitative estimate of drug-likeness (QED) is 0.844. The number of rotatable bonds is 2. The van der Waals surface area contributed by atoms with Gasteiger partial charge >= 0.3 is 0 Å². The van der Waals surface area contributed by atoms with Gasteiger partial charge in [-0.1, -0.05) is 0 Å². The zero-order chi connectivity index (χ0) is 11.0. The SMILES string of the molecule is Cc1nc(Cn2ncc(N)c2C)sc1C. The Morgan fingerprint density at radius 1 is 1.40 bits per heavy atom. The van der Waals surface area contributed by atoms with E-state index in [0.29, 0.717) is 6.54 Å². The maximum atomic E-state index is 5.73. The molecule has 2 aromatic rings. The highest BCUT2D eigenvalue weighted by molar-refractivity contribution is 7.11. The average molecular weight is 222 g/mol. The summed E-state index contributed by atoms with van der Waals surface area (Å²) < 4.78 is 1.88. The van der Waals surface area contributed by atoms with E-state index < -0.39 is 0 Å². The van der Waals surface area contributed by atoms with Crippen molar-refractivity contribution in [2.24, 2.45) is 0 Å². The van der Waals surface area contributed by atoms with Crippen LogP contribution in [0.2, 0.25) is 0 Å². The molecule has 0 aromatic carbocycles. The lowest BCUT2D eigenvalue weighted by atomic mass is 10.4. The van der Waals surface area contributed by atoms with Gasteiger partial charge in [-0.25, -0.2) is 4.98 Å². The van der Waals surface area contributed by atoms with E-state index in [-0.39, 0.29) is 0 Å². The van der Waals surface area contributed by atoms with Gasteiger partial charge < -0.3 is 5.73 Å². The Kier molecular flexibility index (Phi) is 2.48. The number of nitrogen functional groups attached to an aromatic ring is 1. The van der Waals surface area contributed by atoms with E-state index in [1.807, 2.05) is 18.5 Å². The van der Waals surface area contributed by atoms with Crippen LogP contribution in [0.5, 0.6) is 0 Å². The van der Waals surface area contributed by atoms with Crippen LogP contribution >= 0.6 is 11.3 Å². The third-order valence-corrected chi connectivity index (χ3v) is 3.56. The second kappa shape index (κ2) is 3.66. The molecule has 2 aromatic heterocycles. The van der Waals surface area contributed by atoms with E-state index in [2.05, 4.69) is 17.0 Å². The first-order chi connectivity index (χ1) is 7.08. The number of aromatic nitrogens is 3. The molecule has 0 fully saturated rings. The molecule has 2 rings (SSSR count). The van der Waals surface area contributed by atoms with Crippen LogP contribution < -0.4 is 5.73 Å². The van der Waals surface area contributed by atoms with Crippen LogP contribution in [0, 0.1) is 20.8 Å². The second-order valence-electron chi connectivity index (χ2n) is 3.59. The third-order valence-electron chi connectivity index (χ3n) is 2.50. The summed E-state index contributed by atoms with van der Waals surface area (Å²) in [7, 11) is 0. The number of hydrogen-bond acceptors (Lipinski definition) is 4. The zero-order valence-electron chi connectivity index (χ0n) is 9.11. The molecular weight excluding hydrogens is 208 g/mol. The van der Waals surface area contributed by atoms with E-state index >= 15 is 0 Å². The van der Waals surface area contributed by atoms with Crippen molar-refractivity contribution in [2.45, 2.75) is 27.3 Å². The maximum absolute atomic E-state index is 5.73. The van der Waals surface area contributed by atoms with Crippen molar-refractivity contribution in [3.8, 4) is 0 Å². The van der Waals surface area contributed by atoms with E-state index in [1.54, 1.807) is 17.5 Å². The molecule has 5 heteroatoms. The fourth-order valence-electron chi connectivity index (χ4n) is 1.36. The molecule has 0 saturated heterocycles. The summed E-state index contributed by atoms with van der Waals surface area (Å²) in [5.41, 5.74) is 8.57. The summed E-state index contributed by atoms with van der Waals surface area (Å²) in [6, 6.07) is 0. The summed E-state index contributed by atoms with van der Waals surface area (Å²) in [5, 5.41) is 5.29. The number of nitrogens with two attached hydrogens (primary N) is 1. The van der Waals surface area contributed by atoms with Gasteiger partial charge in [0.25, 0.3) is 0 Å². The molecular formula is C10H14N4S. The highest BCUT2D eigenvalue weighted by Crippen LogP contribution is 2.18. The van der Waals surface area contributed by atoms with Crippen molar-refractivity contribution >= 4 is 17.0 Å². The minimum Gasteiger partial charge on any atom is -0.396 e. The predicted octanol–water partition coefficient (Wildman–Crippen LogP) is 1.90. The summed E-state index contributed by atoms with van der Waals surface area (Å²) >= 11 is 1.71. The Balaban J connectivity index is 2.25. The van der Waals surface area contributed by atoms with Crippen LogP contribution in [-0.2, 0) is 6.54 Å². The molecule has 0 radical (unpaired) electrons. The van der Waals surface area contributed by atoms with Crippen LogP contribution in [-0.4, -0.2) is 14.8 Å². The number of anilines is 1. The molecule has 0 aliphatic rings. The second-order valence-corrected chi connectivity index (χ2v) is 4.88. The lowest BCUT2D eigenvalue weighted by Gasteiger charge is -2.00. The van der Waals surface area contributed by atoms with Gasteiger partial charge in [0.15, 0.2) is 0 Å². The Labute approximate surface area is 92.8 Å². The highest BCUT2D eigenvalue weighted by Gasteiger charge is 2.07. The number of aryl methyl sites for hydroxylation is 2. The molecule has 0 spiro atoms. The van der Waals surface area contributed by atoms with Crippen molar-refractivity contribution in [2.75, 3.05) is 5.73 Å². The zero-order valence-corrected chi connectivity index (χ0v) is 9.93. The van der Waals surface area contributed by atoms with Crippen molar-refractivity contribution in [3.63, 3.8) is 0 Å². The molecule has 0 amide bonds. The fourth-order valence-corrected chi connectivity index (χ4v) is 2.27. The van der Waals surface area contributed by atoms with Gasteiger partial charge in [0.2, 0.25) is 0 Å². The van der Waals surface area contributed by atoms with Gasteiger partial charge in [-0.05, 0) is 20.8 Å². The van der Waals surface area contributed by atoms with E-state index in [0.717, 1.165) is 22.1 Å². The standard InChI is InChI=1S/C10H14N4S/c1-6-8(3)15-10(13-6)5-14-7(2)9(11)4-12-14/h4H,5,11H2,1-3H3. The monoisotopic (exact) mass is 222 g/mol. The van der Waals surface area contributed by atoms with Gasteiger partial charge in [-0.15, -0.1) is 11.3 Å². The lowest BCUT2D eigenvalue weighted by Crippen LogP contribution is -2.03. The highest BCUT2D eigenvalue weighted by atomic mass is 32.1. The molecule has 0 aliphatic carbocycles. The van der Waals surface area contributed by atoms with Gasteiger partial charge in [-0.2, -0.15) is 5.10 Å². The summed E-state index contributed by atoms with van der Waals surface area (Å²) in [6.07, 6.45) is 1.68. The molecule has 15 heavy (non-hydrogen) atoms. The van der Waals surface area contributed by atoms with Gasteiger partial charge in [0.1, 0.15) is 5.01 Å². The lowest BCUT2D eigenvalue weighted by molar-refractivity contribution is 0.661. The van der Waals surface area contributed by atoms with E-state index in [1.165, 1.54) is 4.88 Å². The largest absolute Gasteiger partial charge is 0.396 e. The molecule has 4 nitrogen and oxygen atoms in total. The van der Waals surface area contributed by atoms with Crippen LogP contribution in [0.1, 0.15) is 21.3 Å². The van der Waals surface area contributed by atoms with Crippen LogP contribution in [0.25, 0.3) is 0 Å². The summed E-state index contributed by atoms with van der Waals surface area (Å²) in [5.74, 6) is 0. The molecule has 0 atom stereocenters. The number of nitrogens with zero attached hydrogens (tertiary/aromatic N) is 3. The molecule has 0 saturated carbocycles. The van der Waals surface area contributed by atoms with Crippen LogP contribution in [0.3, 0.4) is 0 Å². The first-order valence-electron chi connectivity index (χ1n) is 4.78. The number of thiazole rings is 1. The minimum absolute atomic E-state index is 0.711. The molecule has 2 N–H and O–H groups in total. The van der Waals surface area contributed by atoms with Crippen molar-refractivity contribution in [1.29, 1.82) is 0 Å². The molecule has 80 valence electrons.